The molecule has 0 spiro atoms. The lowest BCUT2D eigenvalue weighted by molar-refractivity contribution is -0.115. The zero-order valence-electron chi connectivity index (χ0n) is 13.0. The highest BCUT2D eigenvalue weighted by atomic mass is 16.5. The molecule has 2 aromatic carbocycles. The van der Waals surface area contributed by atoms with Crippen LogP contribution >= 0.6 is 0 Å². The minimum absolute atomic E-state index is 0.0424. The Hall–Kier alpha value is -2.82. The molecule has 118 valence electrons. The van der Waals surface area contributed by atoms with Crippen molar-refractivity contribution in [2.75, 3.05) is 25.5 Å². The van der Waals surface area contributed by atoms with Crippen molar-refractivity contribution in [1.82, 2.24) is 5.32 Å². The number of ether oxygens (including phenoxy) is 1. The van der Waals surface area contributed by atoms with E-state index >= 15 is 0 Å². The summed E-state index contributed by atoms with van der Waals surface area (Å²) < 4.78 is 5.11. The number of hydrogen-bond acceptors (Lipinski definition) is 4. The van der Waals surface area contributed by atoms with Gasteiger partial charge in [-0.25, -0.2) is 0 Å². The number of nitrogens with one attached hydrogen (secondary N) is 2. The number of amides is 1. The number of benzene rings is 2. The van der Waals surface area contributed by atoms with Crippen molar-refractivity contribution in [2.24, 2.45) is 4.99 Å². The van der Waals surface area contributed by atoms with Gasteiger partial charge in [-0.15, -0.1) is 0 Å². The van der Waals surface area contributed by atoms with E-state index in [1.807, 2.05) is 48.5 Å². The van der Waals surface area contributed by atoms with E-state index in [9.17, 15) is 4.79 Å². The Balaban J connectivity index is 1.58. The van der Waals surface area contributed by atoms with Gasteiger partial charge in [0.25, 0.3) is 0 Å². The minimum atomic E-state index is -0.0424. The predicted octanol–water partition coefficient (Wildman–Crippen LogP) is 2.23. The van der Waals surface area contributed by atoms with Gasteiger partial charge >= 0.3 is 0 Å². The summed E-state index contributed by atoms with van der Waals surface area (Å²) in [6.07, 6.45) is 0.333. The summed E-state index contributed by atoms with van der Waals surface area (Å²) in [7, 11) is 1.62. The van der Waals surface area contributed by atoms with Gasteiger partial charge in [0.05, 0.1) is 20.1 Å². The fraction of sp³-hybridized carbons (Fsp3) is 0.222. The van der Waals surface area contributed by atoms with Crippen LogP contribution < -0.4 is 15.4 Å². The van der Waals surface area contributed by atoms with E-state index in [4.69, 9.17) is 4.74 Å². The van der Waals surface area contributed by atoms with E-state index in [1.165, 1.54) is 0 Å². The average molecular weight is 309 g/mol. The third-order valence-corrected chi connectivity index (χ3v) is 3.64. The van der Waals surface area contributed by atoms with Crippen LogP contribution in [0.4, 0.5) is 5.69 Å². The Kier molecular flexibility index (Phi) is 4.57. The Labute approximate surface area is 135 Å². The van der Waals surface area contributed by atoms with E-state index in [2.05, 4.69) is 15.6 Å². The lowest BCUT2D eigenvalue weighted by Crippen LogP contribution is -2.19. The molecule has 0 aromatic heterocycles. The zero-order valence-corrected chi connectivity index (χ0v) is 13.0. The topological polar surface area (TPSA) is 62.7 Å². The molecule has 2 N–H and O–H groups in total. The molecule has 0 aliphatic carbocycles. The molecule has 1 amide bonds. The third kappa shape index (κ3) is 3.88. The summed E-state index contributed by atoms with van der Waals surface area (Å²) in [4.78, 5) is 16.5. The van der Waals surface area contributed by atoms with Crippen LogP contribution in [0.25, 0.3) is 0 Å². The molecule has 1 aliphatic rings. The van der Waals surface area contributed by atoms with Gasteiger partial charge in [-0.2, -0.15) is 0 Å². The van der Waals surface area contributed by atoms with Crippen molar-refractivity contribution in [3.05, 3.63) is 59.7 Å². The highest BCUT2D eigenvalue weighted by molar-refractivity contribution is 6.00. The summed E-state index contributed by atoms with van der Waals surface area (Å²) in [6.45, 7) is 1.70. The molecule has 1 heterocycles. The first kappa shape index (κ1) is 15.1. The predicted molar refractivity (Wildman–Crippen MR) is 91.2 cm³/mol. The lowest BCUT2D eigenvalue weighted by atomic mass is 10.1. The first-order valence-electron chi connectivity index (χ1n) is 7.56. The van der Waals surface area contributed by atoms with E-state index in [0.717, 1.165) is 41.5 Å². The van der Waals surface area contributed by atoms with Gasteiger partial charge in [0.2, 0.25) is 5.91 Å². The Bertz CT molecular complexity index is 706. The normalized spacial score (nSPS) is 13.2. The fourth-order valence-electron chi connectivity index (χ4n) is 2.44. The first-order valence-corrected chi connectivity index (χ1v) is 7.56. The number of carbonyl (C=O) groups is 1. The molecule has 5 nitrogen and oxygen atoms in total. The minimum Gasteiger partial charge on any atom is -0.497 e. The van der Waals surface area contributed by atoms with Gasteiger partial charge in [0.1, 0.15) is 11.6 Å². The zero-order chi connectivity index (χ0) is 16.1. The summed E-state index contributed by atoms with van der Waals surface area (Å²) in [5.41, 5.74) is 2.77. The van der Waals surface area contributed by atoms with Crippen molar-refractivity contribution in [3.63, 3.8) is 0 Å². The fourth-order valence-corrected chi connectivity index (χ4v) is 2.44. The Morgan fingerprint density at radius 3 is 2.52 bits per heavy atom. The second kappa shape index (κ2) is 6.96. The maximum atomic E-state index is 12.1. The van der Waals surface area contributed by atoms with Gasteiger partial charge in [0.15, 0.2) is 0 Å². The molecule has 5 heteroatoms. The van der Waals surface area contributed by atoms with Crippen LogP contribution in [-0.4, -0.2) is 31.9 Å². The molecular weight excluding hydrogens is 290 g/mol. The van der Waals surface area contributed by atoms with Crippen LogP contribution in [0.1, 0.15) is 11.1 Å². The van der Waals surface area contributed by atoms with Gasteiger partial charge in [-0.1, -0.05) is 12.1 Å². The van der Waals surface area contributed by atoms with Gasteiger partial charge in [0, 0.05) is 17.8 Å². The largest absolute Gasteiger partial charge is 0.497 e. The van der Waals surface area contributed by atoms with Crippen molar-refractivity contribution in [2.45, 2.75) is 6.42 Å². The Morgan fingerprint density at radius 1 is 1.17 bits per heavy atom. The van der Waals surface area contributed by atoms with E-state index in [-0.39, 0.29) is 5.91 Å². The highest BCUT2D eigenvalue weighted by Crippen LogP contribution is 2.14. The molecule has 1 aliphatic heterocycles. The molecule has 0 bridgehead atoms. The number of nitrogens with zero attached hydrogens (tertiary/aromatic N) is 1. The molecule has 0 saturated carbocycles. The van der Waals surface area contributed by atoms with E-state index in [1.54, 1.807) is 7.11 Å². The van der Waals surface area contributed by atoms with Gasteiger partial charge in [-0.05, 0) is 42.0 Å². The molecule has 2 aromatic rings. The lowest BCUT2D eigenvalue weighted by Gasteiger charge is -2.08. The molecule has 0 radical (unpaired) electrons. The van der Waals surface area contributed by atoms with Crippen LogP contribution in [0.5, 0.6) is 5.75 Å². The second-order valence-corrected chi connectivity index (χ2v) is 5.31. The van der Waals surface area contributed by atoms with Crippen molar-refractivity contribution >= 4 is 17.4 Å². The van der Waals surface area contributed by atoms with Crippen molar-refractivity contribution < 1.29 is 9.53 Å². The monoisotopic (exact) mass is 309 g/mol. The molecule has 3 rings (SSSR count). The quantitative estimate of drug-likeness (QED) is 0.890. The maximum absolute atomic E-state index is 12.1. The second-order valence-electron chi connectivity index (χ2n) is 5.31. The summed E-state index contributed by atoms with van der Waals surface area (Å²) in [6, 6.07) is 15.2. The van der Waals surface area contributed by atoms with Crippen LogP contribution in [-0.2, 0) is 11.2 Å². The van der Waals surface area contributed by atoms with Crippen LogP contribution in [0, 0.1) is 0 Å². The standard InChI is InChI=1S/C18H19N3O2/c1-23-16-8-2-13(3-9-16)12-17(22)21-15-6-4-14(5-7-15)18-19-10-11-20-18/h2-9H,10-12H2,1H3,(H,19,20)(H,21,22). The van der Waals surface area contributed by atoms with Gasteiger partial charge in [-0.3, -0.25) is 9.79 Å². The summed E-state index contributed by atoms with van der Waals surface area (Å²) >= 11 is 0. The third-order valence-electron chi connectivity index (χ3n) is 3.64. The number of carbonyl (C=O) groups excluding carboxylic acids is 1. The number of rotatable bonds is 5. The number of hydrogen-bond donors (Lipinski definition) is 2. The maximum Gasteiger partial charge on any atom is 0.228 e. The molecule has 0 saturated heterocycles. The smallest absolute Gasteiger partial charge is 0.228 e. The Morgan fingerprint density at radius 2 is 1.91 bits per heavy atom. The average Bonchev–Trinajstić information content (AvgIpc) is 3.11. The van der Waals surface area contributed by atoms with Crippen LogP contribution in [0.2, 0.25) is 0 Å². The molecule has 0 unspecified atom stereocenters. The molecular formula is C18H19N3O2. The molecule has 0 fully saturated rings. The highest BCUT2D eigenvalue weighted by Gasteiger charge is 2.08. The van der Waals surface area contributed by atoms with Crippen molar-refractivity contribution in [3.8, 4) is 5.75 Å². The van der Waals surface area contributed by atoms with E-state index in [0.29, 0.717) is 6.42 Å². The van der Waals surface area contributed by atoms with Crippen molar-refractivity contribution in [1.29, 1.82) is 0 Å². The SMILES string of the molecule is COc1ccc(CC(=O)Nc2ccc(C3=NCCN3)cc2)cc1. The van der Waals surface area contributed by atoms with Crippen LogP contribution in [0.3, 0.4) is 0 Å². The van der Waals surface area contributed by atoms with Crippen LogP contribution in [0.15, 0.2) is 53.5 Å². The van der Waals surface area contributed by atoms with Gasteiger partial charge < -0.3 is 15.4 Å². The number of anilines is 1. The number of aliphatic imine (C=N–C) groups is 1. The van der Waals surface area contributed by atoms with E-state index < -0.39 is 0 Å². The number of methoxy groups -OCH3 is 1. The first-order chi connectivity index (χ1) is 11.2. The number of amidine groups is 1. The molecule has 0 atom stereocenters. The molecule has 23 heavy (non-hydrogen) atoms. The summed E-state index contributed by atoms with van der Waals surface area (Å²) in [5.74, 6) is 1.66. The summed E-state index contributed by atoms with van der Waals surface area (Å²) in [5, 5.41) is 6.13.